The summed E-state index contributed by atoms with van der Waals surface area (Å²) in [5, 5.41) is 17.7. The minimum Gasteiger partial charge on any atom is -0.351 e. The molecule has 0 aliphatic rings. The molecule has 1 heterocycles. The van der Waals surface area contributed by atoms with Crippen LogP contribution in [0.25, 0.3) is 5.69 Å². The Hall–Kier alpha value is -0.980. The number of hydrogen-bond acceptors (Lipinski definition) is 4. The van der Waals surface area contributed by atoms with Crippen molar-refractivity contribution in [2.45, 2.75) is 50.2 Å². The van der Waals surface area contributed by atoms with Crippen LogP contribution in [-0.4, -0.2) is 31.7 Å². The standard InChI is InChI=1S/C18H24Cl3N3O2/c1-11-6-7-13(8-12(11)2)24-15(9-14(23-24)17(3,4)5)22-16(25)26-10-18(19,20)21/h6-9,16,22,25H,10H2,1-5H3. The monoisotopic (exact) mass is 419 g/mol. The van der Waals surface area contributed by atoms with Crippen molar-refractivity contribution in [2.75, 3.05) is 11.9 Å². The number of nitrogens with zero attached hydrogens (tertiary/aromatic N) is 2. The molecule has 0 spiro atoms. The molecule has 0 bridgehead atoms. The Kier molecular flexibility index (Phi) is 6.52. The summed E-state index contributed by atoms with van der Waals surface area (Å²) in [7, 11) is 0. The van der Waals surface area contributed by atoms with E-state index in [1.54, 1.807) is 4.68 Å². The predicted octanol–water partition coefficient (Wildman–Crippen LogP) is 4.86. The summed E-state index contributed by atoms with van der Waals surface area (Å²) >= 11 is 17.0. The van der Waals surface area contributed by atoms with Crippen LogP contribution in [0.2, 0.25) is 0 Å². The summed E-state index contributed by atoms with van der Waals surface area (Å²) in [5.74, 6) is 0.579. The summed E-state index contributed by atoms with van der Waals surface area (Å²) in [5.41, 5.74) is 3.92. The van der Waals surface area contributed by atoms with Gasteiger partial charge in [0.25, 0.3) is 0 Å². The Bertz CT molecular complexity index is 764. The summed E-state index contributed by atoms with van der Waals surface area (Å²) < 4.78 is 5.27. The van der Waals surface area contributed by atoms with Crippen LogP contribution in [0, 0.1) is 13.8 Å². The lowest BCUT2D eigenvalue weighted by Gasteiger charge is -2.18. The van der Waals surface area contributed by atoms with Crippen molar-refractivity contribution in [3.8, 4) is 5.69 Å². The molecule has 1 aromatic carbocycles. The number of aliphatic hydroxyl groups excluding tert-OH is 1. The largest absolute Gasteiger partial charge is 0.351 e. The van der Waals surface area contributed by atoms with E-state index in [0.29, 0.717) is 5.82 Å². The summed E-state index contributed by atoms with van der Waals surface area (Å²) in [6.45, 7) is 10.0. The third-order valence-electron chi connectivity index (χ3n) is 3.89. The molecule has 0 amide bonds. The van der Waals surface area contributed by atoms with Crippen LogP contribution in [0.5, 0.6) is 0 Å². The van der Waals surface area contributed by atoms with Gasteiger partial charge in [-0.15, -0.1) is 0 Å². The average Bonchev–Trinajstić information content (AvgIpc) is 2.91. The van der Waals surface area contributed by atoms with E-state index in [-0.39, 0.29) is 12.0 Å². The molecule has 0 aliphatic carbocycles. The van der Waals surface area contributed by atoms with E-state index in [2.05, 4.69) is 33.0 Å². The van der Waals surface area contributed by atoms with Gasteiger partial charge in [0.1, 0.15) is 5.82 Å². The van der Waals surface area contributed by atoms with Crippen molar-refractivity contribution in [1.82, 2.24) is 9.78 Å². The fraction of sp³-hybridized carbons (Fsp3) is 0.500. The van der Waals surface area contributed by atoms with E-state index in [0.717, 1.165) is 16.9 Å². The second kappa shape index (κ2) is 7.95. The van der Waals surface area contributed by atoms with Crippen LogP contribution in [0.4, 0.5) is 5.82 Å². The molecule has 144 valence electrons. The van der Waals surface area contributed by atoms with Gasteiger partial charge < -0.3 is 15.2 Å². The van der Waals surface area contributed by atoms with Crippen LogP contribution in [0.3, 0.4) is 0 Å². The van der Waals surface area contributed by atoms with Crippen molar-refractivity contribution in [2.24, 2.45) is 0 Å². The molecule has 2 rings (SSSR count). The highest BCUT2D eigenvalue weighted by atomic mass is 35.6. The zero-order valence-electron chi connectivity index (χ0n) is 15.5. The molecule has 0 fully saturated rings. The van der Waals surface area contributed by atoms with Gasteiger partial charge in [0, 0.05) is 11.5 Å². The lowest BCUT2D eigenvalue weighted by molar-refractivity contribution is -0.0766. The van der Waals surface area contributed by atoms with E-state index >= 15 is 0 Å². The minimum absolute atomic E-state index is 0.162. The molecule has 1 unspecified atom stereocenters. The van der Waals surface area contributed by atoms with Crippen LogP contribution >= 0.6 is 34.8 Å². The Labute approximate surface area is 169 Å². The Morgan fingerprint density at radius 3 is 2.35 bits per heavy atom. The van der Waals surface area contributed by atoms with Gasteiger partial charge in [-0.05, 0) is 37.1 Å². The average molecular weight is 421 g/mol. The molecule has 2 aromatic rings. The first-order valence-corrected chi connectivity index (χ1v) is 9.31. The molecule has 1 atom stereocenters. The SMILES string of the molecule is Cc1ccc(-n2nc(C(C)(C)C)cc2NC(O)OCC(Cl)(Cl)Cl)cc1C. The maximum Gasteiger partial charge on any atom is 0.236 e. The maximum absolute atomic E-state index is 10.1. The van der Waals surface area contributed by atoms with Gasteiger partial charge in [0.15, 0.2) is 0 Å². The quantitative estimate of drug-likeness (QED) is 0.535. The lowest BCUT2D eigenvalue weighted by Crippen LogP contribution is -2.28. The highest BCUT2D eigenvalue weighted by molar-refractivity contribution is 6.67. The Morgan fingerprint density at radius 1 is 1.15 bits per heavy atom. The first kappa shape index (κ1) is 21.3. The number of aromatic nitrogens is 2. The Morgan fingerprint density at radius 2 is 1.81 bits per heavy atom. The van der Waals surface area contributed by atoms with Gasteiger partial charge in [-0.3, -0.25) is 0 Å². The number of anilines is 1. The molecule has 0 saturated carbocycles. The van der Waals surface area contributed by atoms with Crippen molar-refractivity contribution >= 4 is 40.6 Å². The zero-order chi connectivity index (χ0) is 19.7. The molecule has 1 aromatic heterocycles. The van der Waals surface area contributed by atoms with Gasteiger partial charge in [-0.2, -0.15) is 5.10 Å². The fourth-order valence-electron chi connectivity index (χ4n) is 2.25. The summed E-state index contributed by atoms with van der Waals surface area (Å²) in [6, 6.07) is 7.91. The zero-order valence-corrected chi connectivity index (χ0v) is 17.7. The third kappa shape index (κ3) is 5.76. The van der Waals surface area contributed by atoms with Crippen LogP contribution in [0.1, 0.15) is 37.6 Å². The van der Waals surface area contributed by atoms with Gasteiger partial charge in [-0.25, -0.2) is 4.68 Å². The van der Waals surface area contributed by atoms with Crippen molar-refractivity contribution in [1.29, 1.82) is 0 Å². The van der Waals surface area contributed by atoms with E-state index < -0.39 is 10.2 Å². The smallest absolute Gasteiger partial charge is 0.236 e. The number of aryl methyl sites for hydroxylation is 2. The maximum atomic E-state index is 10.1. The van der Waals surface area contributed by atoms with Crippen molar-refractivity contribution in [3.05, 3.63) is 41.1 Å². The number of halogens is 3. The highest BCUT2D eigenvalue weighted by Gasteiger charge is 2.24. The number of alkyl halides is 3. The number of benzene rings is 1. The molecule has 5 nitrogen and oxygen atoms in total. The number of hydrogen-bond donors (Lipinski definition) is 2. The van der Waals surface area contributed by atoms with Gasteiger partial charge in [-0.1, -0.05) is 61.6 Å². The lowest BCUT2D eigenvalue weighted by atomic mass is 9.92. The number of aliphatic hydroxyl groups is 1. The van der Waals surface area contributed by atoms with E-state index in [1.807, 2.05) is 31.2 Å². The molecule has 0 radical (unpaired) electrons. The predicted molar refractivity (Wildman–Crippen MR) is 108 cm³/mol. The van der Waals surface area contributed by atoms with E-state index in [9.17, 15) is 5.11 Å². The number of nitrogens with one attached hydrogen (secondary N) is 1. The van der Waals surface area contributed by atoms with E-state index in [4.69, 9.17) is 44.6 Å². The van der Waals surface area contributed by atoms with E-state index in [1.165, 1.54) is 5.56 Å². The van der Waals surface area contributed by atoms with Crippen LogP contribution in [0.15, 0.2) is 24.3 Å². The molecule has 0 aliphatic heterocycles. The fourth-order valence-corrected chi connectivity index (χ4v) is 2.44. The molecule has 2 N–H and O–H groups in total. The topological polar surface area (TPSA) is 59.3 Å². The van der Waals surface area contributed by atoms with Crippen LogP contribution in [-0.2, 0) is 10.2 Å². The number of rotatable bonds is 5. The number of ether oxygens (including phenoxy) is 1. The van der Waals surface area contributed by atoms with Crippen molar-refractivity contribution in [3.63, 3.8) is 0 Å². The van der Waals surface area contributed by atoms with Gasteiger partial charge in [0.05, 0.1) is 18.0 Å². The molecule has 0 saturated heterocycles. The second-order valence-corrected chi connectivity index (χ2v) is 9.78. The molecule has 26 heavy (non-hydrogen) atoms. The third-order valence-corrected chi connectivity index (χ3v) is 4.22. The molecule has 8 heteroatoms. The van der Waals surface area contributed by atoms with Gasteiger partial charge >= 0.3 is 0 Å². The summed E-state index contributed by atoms with van der Waals surface area (Å²) in [4.78, 5) is 0. The molecular formula is C18H24Cl3N3O2. The Balaban J connectivity index is 2.34. The normalized spacial score (nSPS) is 13.7. The minimum atomic E-state index is -1.60. The molecular weight excluding hydrogens is 397 g/mol. The summed E-state index contributed by atoms with van der Waals surface area (Å²) in [6.07, 6.45) is -1.35. The first-order valence-electron chi connectivity index (χ1n) is 8.18. The van der Waals surface area contributed by atoms with Crippen LogP contribution < -0.4 is 5.32 Å². The second-order valence-electron chi connectivity index (χ2n) is 7.27. The van der Waals surface area contributed by atoms with Gasteiger partial charge in [0.2, 0.25) is 10.2 Å². The van der Waals surface area contributed by atoms with Crippen molar-refractivity contribution < 1.29 is 9.84 Å². The first-order chi connectivity index (χ1) is 11.9. The highest BCUT2D eigenvalue weighted by Crippen LogP contribution is 2.29.